The number of rotatable bonds is 7. The summed E-state index contributed by atoms with van der Waals surface area (Å²) in [5.74, 6) is -4.01. The number of piperidine rings is 1. The van der Waals surface area contributed by atoms with Crippen molar-refractivity contribution in [2.45, 2.75) is 26.0 Å². The van der Waals surface area contributed by atoms with Gasteiger partial charge >= 0.3 is 5.97 Å². The van der Waals surface area contributed by atoms with Gasteiger partial charge in [-0.1, -0.05) is 6.07 Å². The van der Waals surface area contributed by atoms with E-state index in [0.717, 1.165) is 5.56 Å². The van der Waals surface area contributed by atoms with Crippen LogP contribution in [0.25, 0.3) is 0 Å². The molecule has 2 atom stereocenters. The van der Waals surface area contributed by atoms with Crippen molar-refractivity contribution in [2.24, 2.45) is 11.8 Å². The van der Waals surface area contributed by atoms with E-state index < -0.39 is 23.7 Å². The van der Waals surface area contributed by atoms with Crippen LogP contribution in [0.3, 0.4) is 0 Å². The molecule has 1 saturated carbocycles. The quantitative estimate of drug-likeness (QED) is 0.796. The van der Waals surface area contributed by atoms with Gasteiger partial charge in [0.1, 0.15) is 5.82 Å². The van der Waals surface area contributed by atoms with Crippen LogP contribution in [0.5, 0.6) is 0 Å². The van der Waals surface area contributed by atoms with Gasteiger partial charge in [0.05, 0.1) is 42.4 Å². The van der Waals surface area contributed by atoms with Crippen molar-refractivity contribution in [3.8, 4) is 0 Å². The number of carboxylic acids is 1. The molecule has 0 spiro atoms. The van der Waals surface area contributed by atoms with Gasteiger partial charge in [-0.05, 0) is 18.6 Å². The highest BCUT2D eigenvalue weighted by Crippen LogP contribution is 2.59. The van der Waals surface area contributed by atoms with Crippen LogP contribution in [0.15, 0.2) is 24.5 Å². The van der Waals surface area contributed by atoms with E-state index in [1.807, 2.05) is 24.0 Å². The molecule has 1 aliphatic heterocycles. The first-order valence-electron chi connectivity index (χ1n) is 8.85. The number of halogens is 2. The molecule has 2 aliphatic rings. The summed E-state index contributed by atoms with van der Waals surface area (Å²) in [6.07, 6.45) is 2.75. The van der Waals surface area contributed by atoms with Crippen LogP contribution >= 0.6 is 0 Å². The minimum absolute atomic E-state index is 0.114. The summed E-state index contributed by atoms with van der Waals surface area (Å²) in [7, 11) is 0. The second kappa shape index (κ2) is 6.56. The number of carbonyl (C=O) groups is 1. The van der Waals surface area contributed by atoms with Crippen LogP contribution in [0, 0.1) is 11.8 Å². The molecule has 0 radical (unpaired) electrons. The fourth-order valence-corrected chi connectivity index (χ4v) is 3.59. The maximum absolute atomic E-state index is 13.4. The maximum Gasteiger partial charge on any atom is 0.338 e. The summed E-state index contributed by atoms with van der Waals surface area (Å²) >= 11 is 0. The smallest absolute Gasteiger partial charge is 0.338 e. The average Bonchev–Trinajstić information content (AvgIpc) is 3.09. The van der Waals surface area contributed by atoms with E-state index in [4.69, 9.17) is 9.84 Å². The van der Waals surface area contributed by atoms with Crippen molar-refractivity contribution in [1.82, 2.24) is 14.8 Å². The molecule has 0 amide bonds. The highest BCUT2D eigenvalue weighted by Gasteiger charge is 2.71. The van der Waals surface area contributed by atoms with Crippen molar-refractivity contribution in [3.05, 3.63) is 41.3 Å². The predicted molar refractivity (Wildman–Crippen MR) is 92.0 cm³/mol. The van der Waals surface area contributed by atoms with Crippen LogP contribution in [-0.4, -0.2) is 51.5 Å². The standard InChI is InChI=1S/C18H20F2N4O3/c1-2-27-10-15-11(6-24-7-12(5-21-24)17(25)26)3-4-16(22-15)23-8-13-14(9-23)18(13,19)20/h3-5,7,13-14H,2,6,8-10H2,1H3,(H,25,26). The third kappa shape index (κ3) is 3.27. The number of anilines is 1. The summed E-state index contributed by atoms with van der Waals surface area (Å²) in [6, 6.07) is 3.69. The summed E-state index contributed by atoms with van der Waals surface area (Å²) < 4.78 is 33.9. The Kier molecular flexibility index (Phi) is 4.33. The number of alkyl halides is 2. The second-order valence-electron chi connectivity index (χ2n) is 6.94. The summed E-state index contributed by atoms with van der Waals surface area (Å²) in [6.45, 7) is 3.69. The van der Waals surface area contributed by atoms with Gasteiger partial charge in [-0.15, -0.1) is 0 Å². The SMILES string of the molecule is CCOCc1nc(N2CC3C(C2)C3(F)F)ccc1Cn1cc(C(=O)O)cn1. The van der Waals surface area contributed by atoms with Gasteiger partial charge in [0, 0.05) is 25.9 Å². The van der Waals surface area contributed by atoms with Crippen LogP contribution < -0.4 is 4.90 Å². The van der Waals surface area contributed by atoms with E-state index in [1.165, 1.54) is 17.1 Å². The van der Waals surface area contributed by atoms with Crippen LogP contribution in [0.2, 0.25) is 0 Å². The molecule has 1 N–H and O–H groups in total. The molecule has 27 heavy (non-hydrogen) atoms. The van der Waals surface area contributed by atoms with Gasteiger partial charge in [-0.3, -0.25) is 4.68 Å². The largest absolute Gasteiger partial charge is 0.478 e. The zero-order valence-corrected chi connectivity index (χ0v) is 14.8. The molecule has 0 aromatic carbocycles. The number of ether oxygens (including phenoxy) is 1. The number of carboxylic acid groups (broad SMARTS) is 1. The molecule has 1 saturated heterocycles. The van der Waals surface area contributed by atoms with Crippen molar-refractivity contribution in [1.29, 1.82) is 0 Å². The predicted octanol–water partition coefficient (Wildman–Crippen LogP) is 2.26. The van der Waals surface area contributed by atoms with Crippen LogP contribution in [0.1, 0.15) is 28.5 Å². The lowest BCUT2D eigenvalue weighted by Gasteiger charge is -2.22. The number of hydrogen-bond acceptors (Lipinski definition) is 5. The fourth-order valence-electron chi connectivity index (χ4n) is 3.59. The molecule has 2 aromatic heterocycles. The Hall–Kier alpha value is -2.55. The first-order chi connectivity index (χ1) is 12.9. The molecule has 3 heterocycles. The van der Waals surface area contributed by atoms with E-state index in [-0.39, 0.29) is 5.56 Å². The first-order valence-corrected chi connectivity index (χ1v) is 8.85. The molecular weight excluding hydrogens is 358 g/mol. The van der Waals surface area contributed by atoms with E-state index in [2.05, 4.69) is 10.1 Å². The van der Waals surface area contributed by atoms with Gasteiger partial charge in [-0.2, -0.15) is 5.10 Å². The second-order valence-corrected chi connectivity index (χ2v) is 6.94. The third-order valence-corrected chi connectivity index (χ3v) is 5.23. The lowest BCUT2D eigenvalue weighted by molar-refractivity contribution is 0.0696. The minimum Gasteiger partial charge on any atom is -0.478 e. The Bertz CT molecular complexity index is 856. The summed E-state index contributed by atoms with van der Waals surface area (Å²) in [5.41, 5.74) is 1.67. The van der Waals surface area contributed by atoms with E-state index in [1.54, 1.807) is 0 Å². The number of nitrogens with zero attached hydrogens (tertiary/aromatic N) is 4. The lowest BCUT2D eigenvalue weighted by Crippen LogP contribution is -2.28. The Morgan fingerprint density at radius 2 is 2.11 bits per heavy atom. The highest BCUT2D eigenvalue weighted by molar-refractivity contribution is 5.86. The molecule has 1 aliphatic carbocycles. The number of hydrogen-bond donors (Lipinski definition) is 1. The zero-order valence-electron chi connectivity index (χ0n) is 14.8. The van der Waals surface area contributed by atoms with Gasteiger partial charge in [0.15, 0.2) is 0 Å². The van der Waals surface area contributed by atoms with Crippen molar-refractivity contribution in [2.75, 3.05) is 24.6 Å². The molecule has 9 heteroatoms. The Morgan fingerprint density at radius 1 is 1.37 bits per heavy atom. The van der Waals surface area contributed by atoms with Gasteiger partial charge < -0.3 is 14.7 Å². The first kappa shape index (κ1) is 17.8. The number of pyridine rings is 1. The number of aromatic nitrogens is 3. The van der Waals surface area contributed by atoms with Crippen molar-refractivity contribution >= 4 is 11.8 Å². The monoisotopic (exact) mass is 378 g/mol. The normalized spacial score (nSPS) is 22.7. The molecule has 2 aromatic rings. The Morgan fingerprint density at radius 3 is 2.74 bits per heavy atom. The minimum atomic E-state index is -2.52. The zero-order chi connectivity index (χ0) is 19.2. The molecule has 7 nitrogen and oxygen atoms in total. The number of fused-ring (bicyclic) bond motifs is 1. The molecule has 144 valence electrons. The Balaban J connectivity index is 1.53. The fraction of sp³-hybridized carbons (Fsp3) is 0.500. The average molecular weight is 378 g/mol. The third-order valence-electron chi connectivity index (χ3n) is 5.23. The summed E-state index contributed by atoms with van der Waals surface area (Å²) in [5, 5.41) is 13.1. The Labute approximate surface area is 154 Å². The molecule has 0 bridgehead atoms. The summed E-state index contributed by atoms with van der Waals surface area (Å²) in [4.78, 5) is 17.5. The molecule has 2 unspecified atom stereocenters. The van der Waals surface area contributed by atoms with E-state index in [9.17, 15) is 13.6 Å². The van der Waals surface area contributed by atoms with E-state index >= 15 is 0 Å². The topological polar surface area (TPSA) is 80.5 Å². The van der Waals surface area contributed by atoms with Gasteiger partial charge in [0.2, 0.25) is 0 Å². The lowest BCUT2D eigenvalue weighted by atomic mass is 10.2. The van der Waals surface area contributed by atoms with Crippen molar-refractivity contribution < 1.29 is 23.4 Å². The molecular formula is C18H20F2N4O3. The van der Waals surface area contributed by atoms with Crippen molar-refractivity contribution in [3.63, 3.8) is 0 Å². The molecule has 2 fully saturated rings. The number of aromatic carboxylic acids is 1. The van der Waals surface area contributed by atoms with Gasteiger partial charge in [-0.25, -0.2) is 18.6 Å². The van der Waals surface area contributed by atoms with Gasteiger partial charge in [0.25, 0.3) is 5.92 Å². The van der Waals surface area contributed by atoms with E-state index in [0.29, 0.717) is 44.4 Å². The molecule has 4 rings (SSSR count). The highest BCUT2D eigenvalue weighted by atomic mass is 19.3. The van der Waals surface area contributed by atoms with Crippen LogP contribution in [-0.2, 0) is 17.9 Å². The maximum atomic E-state index is 13.4. The van der Waals surface area contributed by atoms with Crippen LogP contribution in [0.4, 0.5) is 14.6 Å².